The van der Waals surface area contributed by atoms with Crippen LogP contribution in [-0.4, -0.2) is 27.0 Å². The summed E-state index contributed by atoms with van der Waals surface area (Å²) in [4.78, 5) is 19.9. The van der Waals surface area contributed by atoms with Crippen LogP contribution in [-0.2, 0) is 0 Å². The number of nitrogens with zero attached hydrogens (tertiary/aromatic N) is 2. The van der Waals surface area contributed by atoms with E-state index in [1.807, 2.05) is 0 Å². The van der Waals surface area contributed by atoms with Crippen molar-refractivity contribution < 1.29 is 14.3 Å². The largest absolute Gasteiger partial charge is 0.386 e. The second-order valence-electron chi connectivity index (χ2n) is 4.89. The first kappa shape index (κ1) is 16.3. The molecule has 0 aliphatic heterocycles. The maximum Gasteiger partial charge on any atom is 0.271 e. The average Bonchev–Trinajstić information content (AvgIpc) is 2.47. The Morgan fingerprint density at radius 1 is 1.36 bits per heavy atom. The lowest BCUT2D eigenvalue weighted by molar-refractivity contribution is 0.0841. The van der Waals surface area contributed by atoms with E-state index >= 15 is 0 Å². The van der Waals surface area contributed by atoms with E-state index in [0.29, 0.717) is 5.69 Å². The molecule has 5 nitrogen and oxygen atoms in total. The predicted octanol–water partition coefficient (Wildman–Crippen LogP) is 2.43. The highest BCUT2D eigenvalue weighted by molar-refractivity contribution is 6.31. The van der Waals surface area contributed by atoms with Gasteiger partial charge in [0.05, 0.1) is 17.9 Å². The zero-order chi connectivity index (χ0) is 16.3. The normalized spacial score (nSPS) is 13.5. The molecule has 0 bridgehead atoms. The number of nitrogens with one attached hydrogen (secondary N) is 1. The Kier molecular flexibility index (Phi) is 5.05. The second kappa shape index (κ2) is 6.81. The van der Waals surface area contributed by atoms with Crippen molar-refractivity contribution in [1.29, 1.82) is 0 Å². The third kappa shape index (κ3) is 3.58. The SMILES string of the molecule is Cc1cnc(C(=O)N[C@H](C)[C@@H](O)c2c(F)cccc2Cl)cn1. The molecule has 0 aliphatic rings. The summed E-state index contributed by atoms with van der Waals surface area (Å²) in [5.41, 5.74) is 0.749. The molecule has 2 atom stereocenters. The van der Waals surface area contributed by atoms with Crippen molar-refractivity contribution >= 4 is 17.5 Å². The van der Waals surface area contributed by atoms with Gasteiger partial charge in [0.25, 0.3) is 5.91 Å². The van der Waals surface area contributed by atoms with Crippen LogP contribution in [0, 0.1) is 12.7 Å². The Morgan fingerprint density at radius 2 is 2.09 bits per heavy atom. The molecule has 1 aromatic carbocycles. The number of benzene rings is 1. The smallest absolute Gasteiger partial charge is 0.271 e. The molecule has 2 aromatic rings. The monoisotopic (exact) mass is 323 g/mol. The summed E-state index contributed by atoms with van der Waals surface area (Å²) in [6.45, 7) is 3.30. The predicted molar refractivity (Wildman–Crippen MR) is 80.1 cm³/mol. The molecule has 2 rings (SSSR count). The molecular formula is C15H15ClFN3O2. The summed E-state index contributed by atoms with van der Waals surface area (Å²) in [6.07, 6.45) is 1.51. The van der Waals surface area contributed by atoms with Crippen molar-refractivity contribution in [2.24, 2.45) is 0 Å². The number of rotatable bonds is 4. The summed E-state index contributed by atoms with van der Waals surface area (Å²) in [6, 6.07) is 3.36. The summed E-state index contributed by atoms with van der Waals surface area (Å²) in [5.74, 6) is -1.14. The maximum atomic E-state index is 13.8. The number of aliphatic hydroxyl groups excluding tert-OH is 1. The van der Waals surface area contributed by atoms with Crippen LogP contribution < -0.4 is 5.32 Å². The van der Waals surface area contributed by atoms with Gasteiger partial charge >= 0.3 is 0 Å². The fraction of sp³-hybridized carbons (Fsp3) is 0.267. The molecule has 22 heavy (non-hydrogen) atoms. The molecule has 0 spiro atoms. The fourth-order valence-electron chi connectivity index (χ4n) is 1.91. The van der Waals surface area contributed by atoms with E-state index in [4.69, 9.17) is 11.6 Å². The first-order valence-electron chi connectivity index (χ1n) is 6.61. The van der Waals surface area contributed by atoms with Gasteiger partial charge in [-0.1, -0.05) is 17.7 Å². The van der Waals surface area contributed by atoms with Gasteiger partial charge in [-0.2, -0.15) is 0 Å². The molecule has 1 amide bonds. The van der Waals surface area contributed by atoms with Crippen LogP contribution in [0.1, 0.15) is 34.8 Å². The molecule has 0 saturated carbocycles. The lowest BCUT2D eigenvalue weighted by Gasteiger charge is -2.21. The van der Waals surface area contributed by atoms with Crippen LogP contribution >= 0.6 is 11.6 Å². The Bertz CT molecular complexity index is 659. The van der Waals surface area contributed by atoms with Gasteiger partial charge in [0.2, 0.25) is 0 Å². The first-order valence-corrected chi connectivity index (χ1v) is 6.99. The van der Waals surface area contributed by atoms with Gasteiger partial charge in [0.1, 0.15) is 17.6 Å². The highest BCUT2D eigenvalue weighted by Gasteiger charge is 2.24. The molecule has 0 saturated heterocycles. The van der Waals surface area contributed by atoms with Crippen molar-refractivity contribution in [3.05, 3.63) is 58.4 Å². The minimum Gasteiger partial charge on any atom is -0.386 e. The number of hydrogen-bond acceptors (Lipinski definition) is 4. The van der Waals surface area contributed by atoms with Crippen molar-refractivity contribution in [3.63, 3.8) is 0 Å². The average molecular weight is 324 g/mol. The zero-order valence-corrected chi connectivity index (χ0v) is 12.8. The van der Waals surface area contributed by atoms with E-state index < -0.39 is 23.9 Å². The van der Waals surface area contributed by atoms with Gasteiger partial charge in [0.15, 0.2) is 0 Å². The maximum absolute atomic E-state index is 13.8. The number of aromatic nitrogens is 2. The second-order valence-corrected chi connectivity index (χ2v) is 5.29. The van der Waals surface area contributed by atoms with Crippen molar-refractivity contribution in [1.82, 2.24) is 15.3 Å². The highest BCUT2D eigenvalue weighted by atomic mass is 35.5. The zero-order valence-electron chi connectivity index (χ0n) is 12.0. The molecule has 0 fully saturated rings. The lowest BCUT2D eigenvalue weighted by atomic mass is 10.0. The van der Waals surface area contributed by atoms with Crippen LogP contribution in [0.15, 0.2) is 30.6 Å². The minimum atomic E-state index is -1.28. The number of amides is 1. The van der Waals surface area contributed by atoms with Gasteiger partial charge < -0.3 is 10.4 Å². The van der Waals surface area contributed by atoms with Crippen LogP contribution in [0.5, 0.6) is 0 Å². The molecule has 0 radical (unpaired) electrons. The number of hydrogen-bond donors (Lipinski definition) is 2. The van der Waals surface area contributed by atoms with E-state index in [-0.39, 0.29) is 16.3 Å². The topological polar surface area (TPSA) is 75.1 Å². The summed E-state index contributed by atoms with van der Waals surface area (Å²) >= 11 is 5.90. The van der Waals surface area contributed by atoms with Crippen LogP contribution in [0.2, 0.25) is 5.02 Å². The quantitative estimate of drug-likeness (QED) is 0.906. The summed E-state index contributed by atoms with van der Waals surface area (Å²) < 4.78 is 13.8. The van der Waals surface area contributed by atoms with Crippen molar-refractivity contribution in [2.45, 2.75) is 26.0 Å². The fourth-order valence-corrected chi connectivity index (χ4v) is 2.19. The van der Waals surface area contributed by atoms with Crippen molar-refractivity contribution in [2.75, 3.05) is 0 Å². The van der Waals surface area contributed by atoms with Gasteiger partial charge in [-0.15, -0.1) is 0 Å². The van der Waals surface area contributed by atoms with E-state index in [1.165, 1.54) is 30.6 Å². The highest BCUT2D eigenvalue weighted by Crippen LogP contribution is 2.27. The lowest BCUT2D eigenvalue weighted by Crippen LogP contribution is -2.37. The molecule has 2 N–H and O–H groups in total. The Labute approximate surface area is 132 Å². The van der Waals surface area contributed by atoms with Gasteiger partial charge in [-0.25, -0.2) is 9.37 Å². The van der Waals surface area contributed by atoms with E-state index in [2.05, 4.69) is 15.3 Å². The summed E-state index contributed by atoms with van der Waals surface area (Å²) in [5, 5.41) is 12.9. The van der Waals surface area contributed by atoms with Crippen LogP contribution in [0.3, 0.4) is 0 Å². The van der Waals surface area contributed by atoms with E-state index in [1.54, 1.807) is 13.8 Å². The third-order valence-corrected chi connectivity index (χ3v) is 3.47. The van der Waals surface area contributed by atoms with E-state index in [0.717, 1.165) is 0 Å². The van der Waals surface area contributed by atoms with Crippen LogP contribution in [0.25, 0.3) is 0 Å². The van der Waals surface area contributed by atoms with Gasteiger partial charge in [-0.05, 0) is 26.0 Å². The summed E-state index contributed by atoms with van der Waals surface area (Å²) in [7, 11) is 0. The Hall–Kier alpha value is -2.05. The van der Waals surface area contributed by atoms with Gasteiger partial charge in [0, 0.05) is 16.8 Å². The number of carbonyl (C=O) groups excluding carboxylic acids is 1. The number of aryl methyl sites for hydroxylation is 1. The van der Waals surface area contributed by atoms with Gasteiger partial charge in [-0.3, -0.25) is 9.78 Å². The molecule has 1 heterocycles. The van der Waals surface area contributed by atoms with Crippen molar-refractivity contribution in [3.8, 4) is 0 Å². The number of carbonyl (C=O) groups is 1. The molecule has 0 unspecified atom stereocenters. The number of aliphatic hydroxyl groups is 1. The number of halogens is 2. The molecule has 7 heteroatoms. The first-order chi connectivity index (χ1) is 10.4. The Balaban J connectivity index is 2.13. The molecular weight excluding hydrogens is 309 g/mol. The molecule has 1 aromatic heterocycles. The van der Waals surface area contributed by atoms with Crippen LogP contribution in [0.4, 0.5) is 4.39 Å². The van der Waals surface area contributed by atoms with E-state index in [9.17, 15) is 14.3 Å². The molecule has 116 valence electrons. The minimum absolute atomic E-state index is 0.0491. The standard InChI is InChI=1S/C15H15ClFN3O2/c1-8-6-19-12(7-18-8)15(22)20-9(2)14(21)13-10(16)4-3-5-11(13)17/h3-7,9,14,21H,1-2H3,(H,20,22)/t9-,14-/m1/s1. The Morgan fingerprint density at radius 3 is 2.68 bits per heavy atom. The third-order valence-electron chi connectivity index (χ3n) is 3.14. The molecule has 0 aliphatic carbocycles.